The number of aromatic nitrogens is 2. The first-order chi connectivity index (χ1) is 9.22. The van der Waals surface area contributed by atoms with E-state index < -0.39 is 0 Å². The van der Waals surface area contributed by atoms with Gasteiger partial charge in [-0.25, -0.2) is 4.98 Å². The first-order valence-electron chi connectivity index (χ1n) is 7.08. The van der Waals surface area contributed by atoms with Crippen LogP contribution in [0.3, 0.4) is 0 Å². The molecule has 0 bridgehead atoms. The summed E-state index contributed by atoms with van der Waals surface area (Å²) in [5.74, 6) is 1.65. The molecule has 19 heavy (non-hydrogen) atoms. The number of nitrogens with one attached hydrogen (secondary N) is 1. The van der Waals surface area contributed by atoms with Gasteiger partial charge >= 0.3 is 0 Å². The Morgan fingerprint density at radius 3 is 2.47 bits per heavy atom. The fourth-order valence-electron chi connectivity index (χ4n) is 2.26. The lowest BCUT2D eigenvalue weighted by Gasteiger charge is -2.15. The topological polar surface area (TPSA) is 29.9 Å². The van der Waals surface area contributed by atoms with Crippen LogP contribution in [-0.4, -0.2) is 9.55 Å². The predicted octanol–water partition coefficient (Wildman–Crippen LogP) is 4.37. The second-order valence-corrected chi connectivity index (χ2v) is 5.03. The average molecular weight is 257 g/mol. The lowest BCUT2D eigenvalue weighted by atomic mass is 10.0. The fraction of sp³-hybridized carbons (Fsp3) is 0.438. The van der Waals surface area contributed by atoms with E-state index in [0.29, 0.717) is 5.92 Å². The number of aryl methyl sites for hydroxylation is 1. The highest BCUT2D eigenvalue weighted by Gasteiger charge is 2.10. The second-order valence-electron chi connectivity index (χ2n) is 5.03. The van der Waals surface area contributed by atoms with E-state index in [1.54, 1.807) is 0 Å². The van der Waals surface area contributed by atoms with E-state index in [0.717, 1.165) is 23.9 Å². The molecule has 2 rings (SSSR count). The molecule has 0 radical (unpaired) electrons. The van der Waals surface area contributed by atoms with E-state index >= 15 is 0 Å². The monoisotopic (exact) mass is 257 g/mol. The van der Waals surface area contributed by atoms with Gasteiger partial charge in [-0.1, -0.05) is 44.9 Å². The quantitative estimate of drug-likeness (QED) is 0.832. The van der Waals surface area contributed by atoms with Crippen LogP contribution in [0, 0.1) is 12.8 Å². The van der Waals surface area contributed by atoms with Crippen LogP contribution in [0.25, 0.3) is 0 Å². The minimum Gasteiger partial charge on any atom is -0.326 e. The third kappa shape index (κ3) is 3.60. The number of para-hydroxylation sites is 1. The van der Waals surface area contributed by atoms with Crippen molar-refractivity contribution in [2.24, 2.45) is 5.92 Å². The second kappa shape index (κ2) is 6.41. The van der Waals surface area contributed by atoms with E-state index in [-0.39, 0.29) is 0 Å². The molecule has 0 amide bonds. The molecule has 102 valence electrons. The van der Waals surface area contributed by atoms with Gasteiger partial charge in [0.1, 0.15) is 0 Å². The number of hydrogen-bond acceptors (Lipinski definition) is 2. The Balaban J connectivity index is 2.16. The summed E-state index contributed by atoms with van der Waals surface area (Å²) in [6, 6.07) is 10.2. The number of nitrogens with zero attached hydrogens (tertiary/aromatic N) is 2. The van der Waals surface area contributed by atoms with E-state index in [1.807, 2.05) is 25.1 Å². The third-order valence-electron chi connectivity index (χ3n) is 3.54. The summed E-state index contributed by atoms with van der Waals surface area (Å²) in [5, 5.41) is 3.40. The largest absolute Gasteiger partial charge is 0.326 e. The van der Waals surface area contributed by atoms with Crippen molar-refractivity contribution < 1.29 is 0 Å². The minimum absolute atomic E-state index is 0.713. The SMILES string of the molecule is CCC(CC)Cn1cc(C)nc1Nc1ccccc1. The average Bonchev–Trinajstić information content (AvgIpc) is 2.77. The molecule has 0 saturated carbocycles. The van der Waals surface area contributed by atoms with Gasteiger partial charge in [0.15, 0.2) is 0 Å². The molecule has 1 aromatic heterocycles. The molecule has 0 spiro atoms. The molecule has 0 aliphatic heterocycles. The Kier molecular flexibility index (Phi) is 4.61. The van der Waals surface area contributed by atoms with Crippen molar-refractivity contribution in [3.63, 3.8) is 0 Å². The smallest absolute Gasteiger partial charge is 0.207 e. The predicted molar refractivity (Wildman–Crippen MR) is 80.8 cm³/mol. The first kappa shape index (κ1) is 13.7. The maximum absolute atomic E-state index is 4.58. The zero-order valence-corrected chi connectivity index (χ0v) is 12.1. The first-order valence-corrected chi connectivity index (χ1v) is 7.08. The summed E-state index contributed by atoms with van der Waals surface area (Å²) < 4.78 is 2.24. The van der Waals surface area contributed by atoms with Crippen LogP contribution in [-0.2, 0) is 6.54 Å². The van der Waals surface area contributed by atoms with Crippen LogP contribution < -0.4 is 5.32 Å². The molecule has 0 unspecified atom stereocenters. The van der Waals surface area contributed by atoms with Gasteiger partial charge in [-0.15, -0.1) is 0 Å². The van der Waals surface area contributed by atoms with Crippen LogP contribution >= 0.6 is 0 Å². The van der Waals surface area contributed by atoms with Gasteiger partial charge in [0.05, 0.1) is 5.69 Å². The Labute approximate surface area is 115 Å². The van der Waals surface area contributed by atoms with Crippen molar-refractivity contribution in [1.29, 1.82) is 0 Å². The number of hydrogen-bond donors (Lipinski definition) is 1. The van der Waals surface area contributed by atoms with Crippen molar-refractivity contribution in [1.82, 2.24) is 9.55 Å². The maximum atomic E-state index is 4.58. The van der Waals surface area contributed by atoms with E-state index in [4.69, 9.17) is 0 Å². The molecule has 0 saturated heterocycles. The molecule has 1 heterocycles. The minimum atomic E-state index is 0.713. The Hall–Kier alpha value is -1.77. The van der Waals surface area contributed by atoms with Crippen molar-refractivity contribution >= 4 is 11.6 Å². The Bertz CT molecular complexity index is 498. The summed E-state index contributed by atoms with van der Waals surface area (Å²) in [5.41, 5.74) is 2.14. The zero-order valence-electron chi connectivity index (χ0n) is 12.1. The van der Waals surface area contributed by atoms with Gasteiger partial charge < -0.3 is 9.88 Å². The normalized spacial score (nSPS) is 10.9. The summed E-state index contributed by atoms with van der Waals surface area (Å²) in [4.78, 5) is 4.58. The summed E-state index contributed by atoms with van der Waals surface area (Å²) in [7, 11) is 0. The maximum Gasteiger partial charge on any atom is 0.207 e. The van der Waals surface area contributed by atoms with Crippen molar-refractivity contribution in [2.75, 3.05) is 5.32 Å². The van der Waals surface area contributed by atoms with E-state index in [2.05, 4.69) is 47.0 Å². The highest BCUT2D eigenvalue weighted by atomic mass is 15.2. The molecule has 0 fully saturated rings. The van der Waals surface area contributed by atoms with Crippen LogP contribution in [0.2, 0.25) is 0 Å². The molecule has 0 aliphatic carbocycles. The number of rotatable bonds is 6. The standard InChI is InChI=1S/C16H23N3/c1-4-14(5-2)12-19-11-13(3)17-16(19)18-15-9-7-6-8-10-15/h6-11,14H,4-5,12H2,1-3H3,(H,17,18). The van der Waals surface area contributed by atoms with E-state index in [9.17, 15) is 0 Å². The van der Waals surface area contributed by atoms with Crippen molar-refractivity contribution in [2.45, 2.75) is 40.2 Å². The van der Waals surface area contributed by atoms with Gasteiger partial charge in [0.2, 0.25) is 5.95 Å². The Morgan fingerprint density at radius 2 is 1.84 bits per heavy atom. The molecule has 0 atom stereocenters. The van der Waals surface area contributed by atoms with Gasteiger partial charge in [0.25, 0.3) is 0 Å². The highest BCUT2D eigenvalue weighted by molar-refractivity contribution is 5.53. The fourth-order valence-corrected chi connectivity index (χ4v) is 2.26. The van der Waals surface area contributed by atoms with E-state index in [1.165, 1.54) is 12.8 Å². The summed E-state index contributed by atoms with van der Waals surface area (Å²) in [6.45, 7) is 7.58. The molecule has 3 heteroatoms. The Morgan fingerprint density at radius 1 is 1.16 bits per heavy atom. The van der Waals surface area contributed by atoms with Crippen molar-refractivity contribution in [3.05, 3.63) is 42.2 Å². The zero-order chi connectivity index (χ0) is 13.7. The van der Waals surface area contributed by atoms with Gasteiger partial charge in [-0.05, 0) is 25.0 Å². The molecule has 0 aliphatic rings. The molecule has 1 aromatic carbocycles. The van der Waals surface area contributed by atoms with Gasteiger partial charge in [0, 0.05) is 18.4 Å². The summed E-state index contributed by atoms with van der Waals surface area (Å²) >= 11 is 0. The number of imidazole rings is 1. The van der Waals surface area contributed by atoms with Crippen molar-refractivity contribution in [3.8, 4) is 0 Å². The lowest BCUT2D eigenvalue weighted by Crippen LogP contribution is -2.11. The molecule has 3 nitrogen and oxygen atoms in total. The van der Waals surface area contributed by atoms with Crippen LogP contribution in [0.4, 0.5) is 11.6 Å². The van der Waals surface area contributed by atoms with Gasteiger partial charge in [-0.2, -0.15) is 0 Å². The van der Waals surface area contributed by atoms with Gasteiger partial charge in [-0.3, -0.25) is 0 Å². The molecule has 1 N–H and O–H groups in total. The van der Waals surface area contributed by atoms with Crippen LogP contribution in [0.15, 0.2) is 36.5 Å². The lowest BCUT2D eigenvalue weighted by molar-refractivity contribution is 0.421. The number of benzene rings is 1. The molecular weight excluding hydrogens is 234 g/mol. The highest BCUT2D eigenvalue weighted by Crippen LogP contribution is 2.19. The van der Waals surface area contributed by atoms with Crippen LogP contribution in [0.1, 0.15) is 32.4 Å². The number of anilines is 2. The van der Waals surface area contributed by atoms with Crippen LogP contribution in [0.5, 0.6) is 0 Å². The third-order valence-corrected chi connectivity index (χ3v) is 3.54. The molecule has 2 aromatic rings. The molecular formula is C16H23N3. The summed E-state index contributed by atoms with van der Waals surface area (Å²) in [6.07, 6.45) is 4.54.